The van der Waals surface area contributed by atoms with Crippen molar-refractivity contribution in [1.82, 2.24) is 0 Å². The summed E-state index contributed by atoms with van der Waals surface area (Å²) in [5.41, 5.74) is -1.91. The van der Waals surface area contributed by atoms with E-state index in [0.717, 1.165) is 11.6 Å². The van der Waals surface area contributed by atoms with Gasteiger partial charge in [-0.15, -0.1) is 0 Å². The molecule has 0 saturated heterocycles. The van der Waals surface area contributed by atoms with Crippen molar-refractivity contribution in [1.29, 1.82) is 0 Å². The smallest absolute Gasteiger partial charge is 0.416 e. The Labute approximate surface area is 185 Å². The molecule has 3 rings (SSSR count). The summed E-state index contributed by atoms with van der Waals surface area (Å²) in [6.07, 6.45) is -9.52. The molecule has 0 amide bonds. The van der Waals surface area contributed by atoms with Gasteiger partial charge in [0, 0.05) is 12.0 Å². The number of halogens is 6. The van der Waals surface area contributed by atoms with E-state index in [1.54, 1.807) is 0 Å². The molecule has 0 fully saturated rings. The van der Waals surface area contributed by atoms with Crippen molar-refractivity contribution in [2.45, 2.75) is 25.4 Å². The monoisotopic (exact) mass is 468 g/mol. The van der Waals surface area contributed by atoms with Crippen LogP contribution in [0.3, 0.4) is 0 Å². The predicted molar refractivity (Wildman–Crippen MR) is 108 cm³/mol. The quantitative estimate of drug-likeness (QED) is 0.271. The topological polar surface area (TPSA) is 35.5 Å². The van der Waals surface area contributed by atoms with Gasteiger partial charge in [0.25, 0.3) is 0 Å². The fourth-order valence-corrected chi connectivity index (χ4v) is 3.07. The lowest BCUT2D eigenvalue weighted by Crippen LogP contribution is -2.15. The number of alkyl halides is 6. The van der Waals surface area contributed by atoms with Crippen LogP contribution in [0.2, 0.25) is 0 Å². The van der Waals surface area contributed by atoms with Gasteiger partial charge in [0.15, 0.2) is 11.5 Å². The van der Waals surface area contributed by atoms with Gasteiger partial charge in [-0.2, -0.15) is 26.3 Å². The first-order valence-corrected chi connectivity index (χ1v) is 9.74. The van der Waals surface area contributed by atoms with E-state index < -0.39 is 23.5 Å². The van der Waals surface area contributed by atoms with Crippen molar-refractivity contribution in [3.63, 3.8) is 0 Å². The molecule has 0 saturated carbocycles. The maximum absolute atomic E-state index is 13.3. The van der Waals surface area contributed by atoms with Gasteiger partial charge >= 0.3 is 12.4 Å². The van der Waals surface area contributed by atoms with Crippen LogP contribution >= 0.6 is 0 Å². The molecule has 9 heteroatoms. The Morgan fingerprint density at radius 2 is 1.48 bits per heavy atom. The molecule has 33 heavy (non-hydrogen) atoms. The summed E-state index contributed by atoms with van der Waals surface area (Å²) in [7, 11) is 0. The van der Waals surface area contributed by atoms with Crippen LogP contribution in [0.1, 0.15) is 32.6 Å². The standard InChI is InChI=1S/C24H18F6O3/c25-23(26,27)19-8-7-18(20(13-19)24(28,29)30)10-11-32-21-9-6-17(14-31)12-22(21)33-15-16-4-2-1-3-5-16/h1-9,12-14H,10-11,15H2. The van der Waals surface area contributed by atoms with Crippen LogP contribution in [0.25, 0.3) is 0 Å². The molecule has 0 aromatic heterocycles. The number of rotatable bonds is 8. The van der Waals surface area contributed by atoms with Gasteiger partial charge in [-0.1, -0.05) is 36.4 Å². The number of benzene rings is 3. The predicted octanol–water partition coefficient (Wildman–Crippen LogP) is 6.74. The van der Waals surface area contributed by atoms with Crippen molar-refractivity contribution in [3.8, 4) is 11.5 Å². The first-order valence-electron chi connectivity index (χ1n) is 9.74. The number of carbonyl (C=O) groups excluding carboxylic acids is 1. The Kier molecular flexibility index (Phi) is 7.30. The lowest BCUT2D eigenvalue weighted by atomic mass is 10.0. The molecular formula is C24H18F6O3. The summed E-state index contributed by atoms with van der Waals surface area (Å²) < 4.78 is 89.7. The zero-order valence-corrected chi connectivity index (χ0v) is 17.0. The van der Waals surface area contributed by atoms with Crippen LogP contribution in [0.4, 0.5) is 26.3 Å². The van der Waals surface area contributed by atoms with Crippen molar-refractivity contribution in [2.24, 2.45) is 0 Å². The summed E-state index contributed by atoms with van der Waals surface area (Å²) in [6.45, 7) is -0.0901. The first kappa shape index (κ1) is 24.2. The molecule has 0 N–H and O–H groups in total. The van der Waals surface area contributed by atoms with Gasteiger partial charge in [-0.3, -0.25) is 4.79 Å². The van der Waals surface area contributed by atoms with E-state index in [-0.39, 0.29) is 42.8 Å². The minimum atomic E-state index is -4.95. The third-order valence-electron chi connectivity index (χ3n) is 4.71. The van der Waals surface area contributed by atoms with Gasteiger partial charge in [0.1, 0.15) is 12.9 Å². The van der Waals surface area contributed by atoms with Crippen LogP contribution < -0.4 is 9.47 Å². The van der Waals surface area contributed by atoms with E-state index in [1.165, 1.54) is 18.2 Å². The van der Waals surface area contributed by atoms with Gasteiger partial charge in [-0.25, -0.2) is 0 Å². The number of carbonyl (C=O) groups is 1. The summed E-state index contributed by atoms with van der Waals surface area (Å²) in [5.74, 6) is 0.406. The first-order chi connectivity index (χ1) is 15.6. The Bertz CT molecular complexity index is 1090. The fourth-order valence-electron chi connectivity index (χ4n) is 3.07. The molecule has 0 heterocycles. The molecule has 0 aliphatic carbocycles. The molecule has 0 bridgehead atoms. The highest BCUT2D eigenvalue weighted by Crippen LogP contribution is 2.37. The highest BCUT2D eigenvalue weighted by molar-refractivity contribution is 5.76. The van der Waals surface area contributed by atoms with Crippen LogP contribution in [0.15, 0.2) is 66.7 Å². The molecule has 3 aromatic rings. The third-order valence-corrected chi connectivity index (χ3v) is 4.71. The van der Waals surface area contributed by atoms with E-state index in [4.69, 9.17) is 9.47 Å². The summed E-state index contributed by atoms with van der Waals surface area (Å²) in [4.78, 5) is 11.1. The lowest BCUT2D eigenvalue weighted by molar-refractivity contribution is -0.143. The van der Waals surface area contributed by atoms with Crippen molar-refractivity contribution in [2.75, 3.05) is 6.61 Å². The molecule has 0 aliphatic rings. The minimum absolute atomic E-state index is 0.0998. The van der Waals surface area contributed by atoms with E-state index in [0.29, 0.717) is 17.9 Å². The molecule has 3 aromatic carbocycles. The molecule has 0 unspecified atom stereocenters. The van der Waals surface area contributed by atoms with Crippen molar-refractivity contribution >= 4 is 6.29 Å². The fraction of sp³-hybridized carbons (Fsp3) is 0.208. The number of ether oxygens (including phenoxy) is 2. The van der Waals surface area contributed by atoms with E-state index in [1.807, 2.05) is 30.3 Å². The lowest BCUT2D eigenvalue weighted by Gasteiger charge is -2.17. The summed E-state index contributed by atoms with van der Waals surface area (Å²) in [6, 6.07) is 15.0. The molecule has 0 aliphatic heterocycles. The van der Waals surface area contributed by atoms with E-state index in [9.17, 15) is 31.1 Å². The second-order valence-corrected chi connectivity index (χ2v) is 7.06. The minimum Gasteiger partial charge on any atom is -0.489 e. The Morgan fingerprint density at radius 1 is 0.758 bits per heavy atom. The summed E-state index contributed by atoms with van der Waals surface area (Å²) in [5, 5.41) is 0. The van der Waals surface area contributed by atoms with Crippen molar-refractivity contribution < 1.29 is 40.6 Å². The molecular weight excluding hydrogens is 450 g/mol. The van der Waals surface area contributed by atoms with Crippen LogP contribution in [-0.2, 0) is 25.4 Å². The number of aldehydes is 1. The zero-order chi connectivity index (χ0) is 24.1. The third kappa shape index (κ3) is 6.50. The highest BCUT2D eigenvalue weighted by atomic mass is 19.4. The summed E-state index contributed by atoms with van der Waals surface area (Å²) >= 11 is 0. The average Bonchev–Trinajstić information content (AvgIpc) is 2.77. The normalized spacial score (nSPS) is 11.8. The van der Waals surface area contributed by atoms with Crippen LogP contribution in [0.5, 0.6) is 11.5 Å². The maximum atomic E-state index is 13.3. The SMILES string of the molecule is O=Cc1ccc(OCCc2ccc(C(F)(F)F)cc2C(F)(F)F)c(OCc2ccccc2)c1. The van der Waals surface area contributed by atoms with Gasteiger partial charge in [-0.05, 0) is 41.5 Å². The average molecular weight is 468 g/mol. The second-order valence-electron chi connectivity index (χ2n) is 7.06. The molecule has 174 valence electrons. The van der Waals surface area contributed by atoms with E-state index >= 15 is 0 Å². The van der Waals surface area contributed by atoms with Gasteiger partial charge in [0.2, 0.25) is 0 Å². The maximum Gasteiger partial charge on any atom is 0.416 e. The highest BCUT2D eigenvalue weighted by Gasteiger charge is 2.37. The van der Waals surface area contributed by atoms with Crippen LogP contribution in [-0.4, -0.2) is 12.9 Å². The van der Waals surface area contributed by atoms with E-state index in [2.05, 4.69) is 0 Å². The Morgan fingerprint density at radius 3 is 2.12 bits per heavy atom. The van der Waals surface area contributed by atoms with Gasteiger partial charge < -0.3 is 9.47 Å². The largest absolute Gasteiger partial charge is 0.489 e. The molecule has 0 atom stereocenters. The van der Waals surface area contributed by atoms with Crippen LogP contribution in [0, 0.1) is 0 Å². The van der Waals surface area contributed by atoms with Gasteiger partial charge in [0.05, 0.1) is 17.7 Å². The van der Waals surface area contributed by atoms with Crippen molar-refractivity contribution in [3.05, 3.63) is 94.5 Å². The molecule has 0 radical (unpaired) electrons. The molecule has 0 spiro atoms. The number of hydrogen-bond acceptors (Lipinski definition) is 3. The Hall–Kier alpha value is -3.49. The second kappa shape index (κ2) is 9.97. The zero-order valence-electron chi connectivity index (χ0n) is 17.0. The molecule has 3 nitrogen and oxygen atoms in total. The Balaban J connectivity index is 1.75. The number of hydrogen-bond donors (Lipinski definition) is 0.